The van der Waals surface area contributed by atoms with E-state index in [9.17, 15) is 4.79 Å². The van der Waals surface area contributed by atoms with Crippen molar-refractivity contribution >= 4 is 5.78 Å². The van der Waals surface area contributed by atoms with Crippen LogP contribution in [0.25, 0.3) is 0 Å². The molecule has 1 unspecified atom stereocenters. The van der Waals surface area contributed by atoms with Crippen LogP contribution in [0.3, 0.4) is 0 Å². The molecule has 0 spiro atoms. The van der Waals surface area contributed by atoms with Gasteiger partial charge < -0.3 is 0 Å². The van der Waals surface area contributed by atoms with Gasteiger partial charge in [-0.1, -0.05) is 41.0 Å². The average molecular weight is 156 g/mol. The van der Waals surface area contributed by atoms with Crippen molar-refractivity contribution in [2.75, 3.05) is 0 Å². The Morgan fingerprint density at radius 1 is 1.36 bits per heavy atom. The number of Topliss-reactive ketones (excluding diaryl/α,β-unsaturated/α-hetero) is 1. The van der Waals surface area contributed by atoms with E-state index >= 15 is 0 Å². The van der Waals surface area contributed by atoms with Crippen LogP contribution in [-0.2, 0) is 4.79 Å². The Hall–Kier alpha value is -0.330. The molecule has 0 heterocycles. The summed E-state index contributed by atoms with van der Waals surface area (Å²) in [6, 6.07) is 0. The van der Waals surface area contributed by atoms with Gasteiger partial charge in [-0.25, -0.2) is 0 Å². The van der Waals surface area contributed by atoms with E-state index in [0.717, 1.165) is 6.42 Å². The molecule has 0 fully saturated rings. The van der Waals surface area contributed by atoms with Crippen LogP contribution in [0.4, 0.5) is 0 Å². The molecular formula is C10H20O. The molecule has 0 aliphatic carbocycles. The fourth-order valence-corrected chi connectivity index (χ4v) is 1.24. The molecule has 1 atom stereocenters. The van der Waals surface area contributed by atoms with Crippen LogP contribution in [0, 0.1) is 11.3 Å². The van der Waals surface area contributed by atoms with Crippen molar-refractivity contribution in [2.45, 2.75) is 47.5 Å². The van der Waals surface area contributed by atoms with Crippen LogP contribution in [0.1, 0.15) is 47.5 Å². The Bertz CT molecular complexity index is 136. The molecule has 11 heavy (non-hydrogen) atoms. The summed E-state index contributed by atoms with van der Waals surface area (Å²) in [6.07, 6.45) is 1.75. The topological polar surface area (TPSA) is 17.1 Å². The van der Waals surface area contributed by atoms with E-state index in [-0.39, 0.29) is 5.41 Å². The second-order valence-corrected chi connectivity index (χ2v) is 3.81. The third-order valence-corrected chi connectivity index (χ3v) is 2.88. The van der Waals surface area contributed by atoms with Gasteiger partial charge in [0.15, 0.2) is 0 Å². The molecule has 0 saturated heterocycles. The van der Waals surface area contributed by atoms with Crippen molar-refractivity contribution in [3.05, 3.63) is 0 Å². The van der Waals surface area contributed by atoms with E-state index in [4.69, 9.17) is 0 Å². The summed E-state index contributed by atoms with van der Waals surface area (Å²) in [4.78, 5) is 11.4. The molecule has 0 aliphatic rings. The summed E-state index contributed by atoms with van der Waals surface area (Å²) in [5.41, 5.74) is -0.122. The molecule has 0 radical (unpaired) electrons. The van der Waals surface area contributed by atoms with Gasteiger partial charge in [0.2, 0.25) is 0 Å². The summed E-state index contributed by atoms with van der Waals surface area (Å²) in [5.74, 6) is 0.877. The third-order valence-electron chi connectivity index (χ3n) is 2.88. The molecule has 0 aromatic carbocycles. The number of hydrogen-bond donors (Lipinski definition) is 0. The lowest BCUT2D eigenvalue weighted by Gasteiger charge is -2.29. The zero-order valence-electron chi connectivity index (χ0n) is 8.40. The molecule has 0 rings (SSSR count). The highest BCUT2D eigenvalue weighted by Crippen LogP contribution is 2.30. The van der Waals surface area contributed by atoms with Crippen LogP contribution in [-0.4, -0.2) is 5.78 Å². The summed E-state index contributed by atoms with van der Waals surface area (Å²) >= 11 is 0. The summed E-state index contributed by atoms with van der Waals surface area (Å²) in [5, 5.41) is 0. The first-order valence-electron chi connectivity index (χ1n) is 4.50. The smallest absolute Gasteiger partial charge is 0.138 e. The largest absolute Gasteiger partial charge is 0.299 e. The first kappa shape index (κ1) is 10.7. The zero-order valence-corrected chi connectivity index (χ0v) is 8.40. The van der Waals surface area contributed by atoms with Gasteiger partial charge in [0.05, 0.1) is 0 Å². The number of rotatable bonds is 4. The molecule has 66 valence electrons. The van der Waals surface area contributed by atoms with Crippen molar-refractivity contribution in [1.29, 1.82) is 0 Å². The molecule has 0 N–H and O–H groups in total. The second kappa shape index (κ2) is 3.89. The minimum Gasteiger partial charge on any atom is -0.299 e. The predicted octanol–water partition coefficient (Wildman–Crippen LogP) is 3.04. The lowest BCUT2D eigenvalue weighted by molar-refractivity contribution is -0.129. The normalized spacial score (nSPS) is 14.6. The lowest BCUT2D eigenvalue weighted by Crippen LogP contribution is -2.30. The Kier molecular flexibility index (Phi) is 3.77. The second-order valence-electron chi connectivity index (χ2n) is 3.81. The van der Waals surface area contributed by atoms with Crippen LogP contribution >= 0.6 is 0 Å². The highest BCUT2D eigenvalue weighted by Gasteiger charge is 2.30. The van der Waals surface area contributed by atoms with Gasteiger partial charge >= 0.3 is 0 Å². The molecule has 0 bridgehead atoms. The fourth-order valence-electron chi connectivity index (χ4n) is 1.24. The summed E-state index contributed by atoms with van der Waals surface area (Å²) < 4.78 is 0. The molecule has 0 aromatic heterocycles. The number of carbonyl (C=O) groups is 1. The van der Waals surface area contributed by atoms with Crippen molar-refractivity contribution in [3.63, 3.8) is 0 Å². The van der Waals surface area contributed by atoms with Crippen LogP contribution in [0.15, 0.2) is 0 Å². The lowest BCUT2D eigenvalue weighted by atomic mass is 9.74. The predicted molar refractivity (Wildman–Crippen MR) is 48.5 cm³/mol. The third kappa shape index (κ3) is 2.32. The highest BCUT2D eigenvalue weighted by atomic mass is 16.1. The van der Waals surface area contributed by atoms with E-state index in [1.54, 1.807) is 0 Å². The molecule has 0 amide bonds. The molecule has 0 aliphatic heterocycles. The van der Waals surface area contributed by atoms with Gasteiger partial charge in [-0.05, 0) is 5.92 Å². The molecular weight excluding hydrogens is 136 g/mol. The summed E-state index contributed by atoms with van der Waals surface area (Å²) in [6.45, 7) is 10.3. The van der Waals surface area contributed by atoms with Crippen molar-refractivity contribution in [3.8, 4) is 0 Å². The highest BCUT2D eigenvalue weighted by molar-refractivity contribution is 5.83. The van der Waals surface area contributed by atoms with E-state index in [0.29, 0.717) is 18.1 Å². The Morgan fingerprint density at radius 2 is 1.82 bits per heavy atom. The Labute approximate surface area is 70.2 Å². The van der Waals surface area contributed by atoms with E-state index in [2.05, 4.69) is 13.8 Å². The summed E-state index contributed by atoms with van der Waals surface area (Å²) in [7, 11) is 0. The van der Waals surface area contributed by atoms with Crippen molar-refractivity contribution in [1.82, 2.24) is 0 Å². The molecule has 1 heteroatoms. The van der Waals surface area contributed by atoms with Crippen LogP contribution in [0.5, 0.6) is 0 Å². The number of carbonyl (C=O) groups excluding carboxylic acids is 1. The van der Waals surface area contributed by atoms with Gasteiger partial charge in [0.1, 0.15) is 5.78 Å². The van der Waals surface area contributed by atoms with Crippen LogP contribution in [0.2, 0.25) is 0 Å². The quantitative estimate of drug-likeness (QED) is 0.611. The number of ketones is 1. The Morgan fingerprint density at radius 3 is 2.09 bits per heavy atom. The monoisotopic (exact) mass is 156 g/mol. The van der Waals surface area contributed by atoms with E-state index < -0.39 is 0 Å². The standard InChI is InChI=1S/C10H20O/c1-6-8(3)10(4,5)9(11)7-2/h8H,6-7H2,1-5H3. The van der Waals surface area contributed by atoms with Gasteiger partial charge in [0.25, 0.3) is 0 Å². The van der Waals surface area contributed by atoms with Gasteiger partial charge in [-0.2, -0.15) is 0 Å². The fraction of sp³-hybridized carbons (Fsp3) is 0.900. The maximum absolute atomic E-state index is 11.4. The van der Waals surface area contributed by atoms with Gasteiger partial charge in [-0.3, -0.25) is 4.79 Å². The van der Waals surface area contributed by atoms with Crippen molar-refractivity contribution in [2.24, 2.45) is 11.3 Å². The molecule has 0 saturated carbocycles. The Balaban J connectivity index is 4.31. The van der Waals surface area contributed by atoms with E-state index in [1.165, 1.54) is 0 Å². The first-order chi connectivity index (χ1) is 4.96. The average Bonchev–Trinajstić information content (AvgIpc) is 2.01. The van der Waals surface area contributed by atoms with Gasteiger partial charge in [-0.15, -0.1) is 0 Å². The number of hydrogen-bond acceptors (Lipinski definition) is 1. The molecule has 0 aromatic rings. The first-order valence-corrected chi connectivity index (χ1v) is 4.50. The van der Waals surface area contributed by atoms with Crippen molar-refractivity contribution < 1.29 is 4.79 Å². The maximum atomic E-state index is 11.4. The maximum Gasteiger partial charge on any atom is 0.138 e. The van der Waals surface area contributed by atoms with E-state index in [1.807, 2.05) is 20.8 Å². The SMILES string of the molecule is CCC(=O)C(C)(C)C(C)CC. The van der Waals surface area contributed by atoms with Crippen LogP contribution < -0.4 is 0 Å². The zero-order chi connectivity index (χ0) is 9.07. The molecule has 1 nitrogen and oxygen atoms in total. The van der Waals surface area contributed by atoms with Gasteiger partial charge in [0, 0.05) is 11.8 Å². The minimum atomic E-state index is -0.122. The minimum absolute atomic E-state index is 0.122.